The van der Waals surface area contributed by atoms with Crippen molar-refractivity contribution in [1.29, 1.82) is 5.26 Å². The Labute approximate surface area is 73.5 Å². The Morgan fingerprint density at radius 1 is 1.42 bits per heavy atom. The molecule has 3 unspecified atom stereocenters. The molecule has 2 rings (SSSR count). The number of ether oxygens (including phenoxy) is 1. The fraction of sp³-hybridized carbons (Fsp3) is 0.900. The summed E-state index contributed by atoms with van der Waals surface area (Å²) in [4.78, 5) is 0. The third-order valence-corrected chi connectivity index (χ3v) is 3.51. The van der Waals surface area contributed by atoms with Crippen LogP contribution in [0.4, 0.5) is 0 Å². The molecular weight excluding hydrogens is 151 g/mol. The molecule has 1 aliphatic carbocycles. The highest BCUT2D eigenvalue weighted by atomic mass is 16.7. The van der Waals surface area contributed by atoms with Crippen molar-refractivity contribution in [2.75, 3.05) is 0 Å². The minimum absolute atomic E-state index is 0.0729. The summed E-state index contributed by atoms with van der Waals surface area (Å²) in [6, 6.07) is 2.40. The standard InChI is InChI=1S/C10H15NO/c1-9(2)5-4-8-10(3,12-8)7(9)6-11/h7-8H,4-5H2,1-3H3/i8+1. The van der Waals surface area contributed by atoms with Crippen LogP contribution in [0.3, 0.4) is 0 Å². The van der Waals surface area contributed by atoms with Crippen LogP contribution in [0.15, 0.2) is 0 Å². The van der Waals surface area contributed by atoms with Crippen LogP contribution in [0.2, 0.25) is 0 Å². The summed E-state index contributed by atoms with van der Waals surface area (Å²) >= 11 is 0. The number of hydrogen-bond donors (Lipinski definition) is 0. The molecular formula is C10H15NO. The van der Waals surface area contributed by atoms with Gasteiger partial charge in [0.05, 0.1) is 18.1 Å². The van der Waals surface area contributed by atoms with Crippen molar-refractivity contribution in [3.05, 3.63) is 0 Å². The molecule has 1 saturated carbocycles. The van der Waals surface area contributed by atoms with Gasteiger partial charge in [-0.15, -0.1) is 0 Å². The van der Waals surface area contributed by atoms with Crippen LogP contribution in [0.1, 0.15) is 33.6 Å². The number of rotatable bonds is 0. The lowest BCUT2D eigenvalue weighted by Crippen LogP contribution is -2.39. The second-order valence-electron chi connectivity index (χ2n) is 4.88. The van der Waals surface area contributed by atoms with Gasteiger partial charge in [-0.3, -0.25) is 0 Å². The summed E-state index contributed by atoms with van der Waals surface area (Å²) in [7, 11) is 0. The van der Waals surface area contributed by atoms with E-state index in [4.69, 9.17) is 10.00 Å². The van der Waals surface area contributed by atoms with Gasteiger partial charge in [-0.05, 0) is 25.2 Å². The van der Waals surface area contributed by atoms with E-state index in [1.807, 2.05) is 0 Å². The molecule has 2 fully saturated rings. The Balaban J connectivity index is 2.29. The highest BCUT2D eigenvalue weighted by Gasteiger charge is 2.64. The normalized spacial score (nSPS) is 49.2. The fourth-order valence-electron chi connectivity index (χ4n) is 2.60. The Hall–Kier alpha value is -0.550. The molecule has 0 bridgehead atoms. The van der Waals surface area contributed by atoms with Crippen molar-refractivity contribution >= 4 is 0 Å². The first-order chi connectivity index (χ1) is 5.50. The lowest BCUT2D eigenvalue weighted by Gasteiger charge is -2.35. The molecule has 0 aromatic rings. The zero-order valence-corrected chi connectivity index (χ0v) is 7.92. The SMILES string of the molecule is CC1(C)CC[13CH]2OC2(C)C1C#N. The second kappa shape index (κ2) is 2.03. The van der Waals surface area contributed by atoms with Crippen molar-refractivity contribution < 1.29 is 4.74 Å². The van der Waals surface area contributed by atoms with E-state index < -0.39 is 0 Å². The largest absolute Gasteiger partial charge is 0.365 e. The number of epoxide rings is 1. The van der Waals surface area contributed by atoms with E-state index in [-0.39, 0.29) is 16.9 Å². The molecule has 2 nitrogen and oxygen atoms in total. The Morgan fingerprint density at radius 3 is 2.58 bits per heavy atom. The first kappa shape index (κ1) is 8.07. The zero-order chi connectivity index (χ0) is 8.98. The average Bonchev–Trinajstić information content (AvgIpc) is 2.59. The van der Waals surface area contributed by atoms with Gasteiger partial charge in [-0.1, -0.05) is 13.8 Å². The molecule has 1 heterocycles. The van der Waals surface area contributed by atoms with Gasteiger partial charge in [-0.2, -0.15) is 5.26 Å². The number of hydrogen-bond acceptors (Lipinski definition) is 2. The predicted molar refractivity (Wildman–Crippen MR) is 45.4 cm³/mol. The summed E-state index contributed by atoms with van der Waals surface area (Å²) in [6.45, 7) is 6.42. The van der Waals surface area contributed by atoms with Crippen molar-refractivity contribution in [3.63, 3.8) is 0 Å². The molecule has 12 heavy (non-hydrogen) atoms. The van der Waals surface area contributed by atoms with Gasteiger partial charge in [0, 0.05) is 0 Å². The number of fused-ring (bicyclic) bond motifs is 1. The lowest BCUT2D eigenvalue weighted by atomic mass is 9.69. The van der Waals surface area contributed by atoms with E-state index in [2.05, 4.69) is 26.8 Å². The van der Waals surface area contributed by atoms with Gasteiger partial charge in [-0.25, -0.2) is 0 Å². The molecule has 3 atom stereocenters. The molecule has 1 saturated heterocycles. The van der Waals surface area contributed by atoms with Crippen molar-refractivity contribution in [2.24, 2.45) is 11.3 Å². The summed E-state index contributed by atoms with van der Waals surface area (Å²) in [5.41, 5.74) is 0.0208. The molecule has 0 radical (unpaired) electrons. The number of nitrogens with zero attached hydrogens (tertiary/aromatic N) is 1. The maximum absolute atomic E-state index is 9.06. The minimum atomic E-state index is -0.115. The van der Waals surface area contributed by atoms with Gasteiger partial charge in [0.25, 0.3) is 0 Å². The van der Waals surface area contributed by atoms with E-state index >= 15 is 0 Å². The van der Waals surface area contributed by atoms with Crippen LogP contribution >= 0.6 is 0 Å². The number of nitriles is 1. The van der Waals surface area contributed by atoms with Crippen molar-refractivity contribution in [1.82, 2.24) is 0 Å². The van der Waals surface area contributed by atoms with Crippen LogP contribution in [0.25, 0.3) is 0 Å². The fourth-order valence-corrected chi connectivity index (χ4v) is 2.60. The van der Waals surface area contributed by atoms with Gasteiger partial charge < -0.3 is 4.74 Å². The van der Waals surface area contributed by atoms with Crippen molar-refractivity contribution in [2.45, 2.75) is 45.3 Å². The zero-order valence-electron chi connectivity index (χ0n) is 7.92. The molecule has 0 spiro atoms. The summed E-state index contributed by atoms with van der Waals surface area (Å²) in [5.74, 6) is 0.0729. The Morgan fingerprint density at radius 2 is 2.08 bits per heavy atom. The van der Waals surface area contributed by atoms with Crippen LogP contribution in [0, 0.1) is 22.7 Å². The molecule has 2 heteroatoms. The smallest absolute Gasteiger partial charge is 0.108 e. The molecule has 2 aliphatic rings. The van der Waals surface area contributed by atoms with E-state index in [1.54, 1.807) is 0 Å². The highest BCUT2D eigenvalue weighted by Crippen LogP contribution is 2.57. The predicted octanol–water partition coefficient (Wildman–Crippen LogP) is 2.10. The van der Waals surface area contributed by atoms with Crippen LogP contribution in [-0.2, 0) is 4.74 Å². The second-order valence-corrected chi connectivity index (χ2v) is 4.88. The maximum Gasteiger partial charge on any atom is 0.108 e. The third-order valence-electron chi connectivity index (χ3n) is 3.51. The first-order valence-corrected chi connectivity index (χ1v) is 4.58. The van der Waals surface area contributed by atoms with E-state index in [1.165, 1.54) is 0 Å². The summed E-state index contributed by atoms with van der Waals surface area (Å²) < 4.78 is 5.58. The molecule has 1 aliphatic heterocycles. The van der Waals surface area contributed by atoms with Gasteiger partial charge in [0.15, 0.2) is 0 Å². The topological polar surface area (TPSA) is 36.3 Å². The molecule has 66 valence electrons. The lowest BCUT2D eigenvalue weighted by molar-refractivity contribution is 0.142. The van der Waals surface area contributed by atoms with Crippen LogP contribution in [-0.4, -0.2) is 11.7 Å². The Bertz CT molecular complexity index is 248. The third kappa shape index (κ3) is 0.834. The molecule has 0 aromatic heterocycles. The minimum Gasteiger partial charge on any atom is -0.365 e. The van der Waals surface area contributed by atoms with Crippen LogP contribution in [0.5, 0.6) is 0 Å². The van der Waals surface area contributed by atoms with E-state index in [9.17, 15) is 0 Å². The van der Waals surface area contributed by atoms with Crippen molar-refractivity contribution in [3.8, 4) is 6.07 Å². The summed E-state index contributed by atoms with van der Waals surface area (Å²) in [6.07, 6.45) is 2.61. The summed E-state index contributed by atoms with van der Waals surface area (Å²) in [5, 5.41) is 9.06. The quantitative estimate of drug-likeness (QED) is 0.408. The van der Waals surface area contributed by atoms with E-state index in [0.29, 0.717) is 6.10 Å². The van der Waals surface area contributed by atoms with Gasteiger partial charge >= 0.3 is 0 Å². The molecule has 0 amide bonds. The maximum atomic E-state index is 9.06. The monoisotopic (exact) mass is 166 g/mol. The highest BCUT2D eigenvalue weighted by molar-refractivity contribution is 5.18. The van der Waals surface area contributed by atoms with Gasteiger partial charge in [0.1, 0.15) is 5.60 Å². The van der Waals surface area contributed by atoms with E-state index in [0.717, 1.165) is 12.8 Å². The van der Waals surface area contributed by atoms with Crippen LogP contribution < -0.4 is 0 Å². The molecule has 0 N–H and O–H groups in total. The molecule has 0 aromatic carbocycles. The van der Waals surface area contributed by atoms with Gasteiger partial charge in [0.2, 0.25) is 0 Å². The Kier molecular flexibility index (Phi) is 1.36. The average molecular weight is 166 g/mol. The first-order valence-electron chi connectivity index (χ1n) is 4.58.